The summed E-state index contributed by atoms with van der Waals surface area (Å²) in [7, 11) is -1.92. The van der Waals surface area contributed by atoms with E-state index in [9.17, 15) is 13.2 Å². The van der Waals surface area contributed by atoms with Crippen LogP contribution in [0.25, 0.3) is 0 Å². The zero-order valence-electron chi connectivity index (χ0n) is 10.6. The van der Waals surface area contributed by atoms with Gasteiger partial charge in [0.05, 0.1) is 11.5 Å². The molecule has 1 aliphatic heterocycles. The maximum Gasteiger partial charge on any atom is 0.247 e. The van der Waals surface area contributed by atoms with Gasteiger partial charge in [-0.1, -0.05) is 6.08 Å². The monoisotopic (exact) mass is 284 g/mol. The van der Waals surface area contributed by atoms with Crippen molar-refractivity contribution in [1.82, 2.24) is 9.29 Å². The summed E-state index contributed by atoms with van der Waals surface area (Å²) in [4.78, 5) is 13.4. The number of nitrogens with one attached hydrogen (secondary N) is 1. The van der Waals surface area contributed by atoms with Crippen molar-refractivity contribution in [1.29, 1.82) is 0 Å². The number of hydrogen-bond acceptors (Lipinski definition) is 4. The van der Waals surface area contributed by atoms with E-state index >= 15 is 0 Å². The van der Waals surface area contributed by atoms with Crippen molar-refractivity contribution in [3.8, 4) is 0 Å². The third-order valence-electron chi connectivity index (χ3n) is 2.99. The Morgan fingerprint density at radius 2 is 2.21 bits per heavy atom. The molecular weight excluding hydrogens is 268 g/mol. The molecule has 0 amide bonds. The van der Waals surface area contributed by atoms with Crippen LogP contribution in [0, 0.1) is 0 Å². The highest BCUT2D eigenvalue weighted by atomic mass is 32.2. The first kappa shape index (κ1) is 14.0. The lowest BCUT2D eigenvalue weighted by Crippen LogP contribution is -2.35. The smallest absolute Gasteiger partial charge is 0.247 e. The summed E-state index contributed by atoms with van der Waals surface area (Å²) in [6.45, 7) is 1.29. The number of aromatic amines is 1. The molecule has 0 aromatic carbocycles. The van der Waals surface area contributed by atoms with E-state index in [0.717, 1.165) is 5.57 Å². The van der Waals surface area contributed by atoms with E-state index in [1.54, 1.807) is 7.11 Å². The average Bonchev–Trinajstić information content (AvgIpc) is 2.40. The Balaban J connectivity index is 2.18. The van der Waals surface area contributed by atoms with Crippen LogP contribution >= 0.6 is 0 Å². The molecule has 104 valence electrons. The van der Waals surface area contributed by atoms with Gasteiger partial charge < -0.3 is 9.72 Å². The summed E-state index contributed by atoms with van der Waals surface area (Å²) in [6, 6.07) is 2.53. The van der Waals surface area contributed by atoms with Crippen LogP contribution in [-0.4, -0.2) is 44.5 Å². The number of aromatic nitrogens is 1. The number of sulfonamides is 1. The molecule has 1 aromatic heterocycles. The van der Waals surface area contributed by atoms with Crippen molar-refractivity contribution in [3.63, 3.8) is 0 Å². The number of hydrogen-bond donors (Lipinski definition) is 1. The average molecular weight is 284 g/mol. The molecule has 0 aliphatic carbocycles. The Bertz CT molecular complexity index is 613. The van der Waals surface area contributed by atoms with Gasteiger partial charge in [-0.05, 0) is 18.1 Å². The van der Waals surface area contributed by atoms with Crippen LogP contribution in [0.3, 0.4) is 0 Å². The number of H-pyrrole nitrogens is 1. The number of rotatable bonds is 4. The Morgan fingerprint density at radius 1 is 1.42 bits per heavy atom. The summed E-state index contributed by atoms with van der Waals surface area (Å²) in [5.41, 5.74) is 0.787. The molecule has 1 aliphatic rings. The predicted octanol–water partition coefficient (Wildman–Crippen LogP) is 0.342. The Hall–Kier alpha value is -1.44. The Morgan fingerprint density at radius 3 is 2.74 bits per heavy atom. The van der Waals surface area contributed by atoms with Crippen molar-refractivity contribution >= 4 is 10.0 Å². The minimum absolute atomic E-state index is 0.107. The fraction of sp³-hybridized carbons (Fsp3) is 0.417. The summed E-state index contributed by atoms with van der Waals surface area (Å²) < 4.78 is 31.0. The predicted molar refractivity (Wildman–Crippen MR) is 70.4 cm³/mol. The third kappa shape index (κ3) is 3.12. The molecule has 0 saturated heterocycles. The fourth-order valence-corrected chi connectivity index (χ4v) is 3.28. The first-order chi connectivity index (χ1) is 9.04. The zero-order chi connectivity index (χ0) is 13.9. The molecule has 0 fully saturated rings. The number of pyridine rings is 1. The molecule has 19 heavy (non-hydrogen) atoms. The largest absolute Gasteiger partial charge is 0.380 e. The number of ether oxygens (including phenoxy) is 1. The molecule has 7 heteroatoms. The maximum absolute atomic E-state index is 12.3. The molecule has 0 bridgehead atoms. The van der Waals surface area contributed by atoms with Gasteiger partial charge in [-0.25, -0.2) is 8.42 Å². The number of methoxy groups -OCH3 is 1. The lowest BCUT2D eigenvalue weighted by atomic mass is 10.1. The zero-order valence-corrected chi connectivity index (χ0v) is 11.4. The van der Waals surface area contributed by atoms with E-state index < -0.39 is 10.0 Å². The van der Waals surface area contributed by atoms with Gasteiger partial charge in [-0.3, -0.25) is 4.79 Å². The summed E-state index contributed by atoms with van der Waals surface area (Å²) >= 11 is 0. The van der Waals surface area contributed by atoms with E-state index in [-0.39, 0.29) is 10.5 Å². The van der Waals surface area contributed by atoms with Crippen LogP contribution < -0.4 is 5.56 Å². The molecule has 1 N–H and O–H groups in total. The molecule has 0 spiro atoms. The first-order valence-electron chi connectivity index (χ1n) is 5.90. The molecular formula is C12H16N2O4S. The normalized spacial score (nSPS) is 17.2. The van der Waals surface area contributed by atoms with Crippen LogP contribution in [0.15, 0.2) is 39.7 Å². The molecule has 2 rings (SSSR count). The standard InChI is InChI=1S/C12H16N2O4S/c1-18-9-10-4-6-14(7-5-10)19(16,17)11-2-3-12(15)13-8-11/h2-4,8H,5-7,9H2,1H3,(H,13,15). The van der Waals surface area contributed by atoms with Gasteiger partial charge in [0.25, 0.3) is 0 Å². The van der Waals surface area contributed by atoms with Crippen molar-refractivity contribution in [2.24, 2.45) is 0 Å². The van der Waals surface area contributed by atoms with Crippen LogP contribution in [0.2, 0.25) is 0 Å². The highest BCUT2D eigenvalue weighted by molar-refractivity contribution is 7.89. The molecule has 0 unspecified atom stereocenters. The van der Waals surface area contributed by atoms with Crippen LogP contribution in [0.1, 0.15) is 6.42 Å². The minimum atomic E-state index is -3.54. The molecule has 6 nitrogen and oxygen atoms in total. The summed E-state index contributed by atoms with van der Waals surface area (Å²) in [5.74, 6) is 0. The molecule has 0 atom stereocenters. The molecule has 0 saturated carbocycles. The van der Waals surface area contributed by atoms with Gasteiger partial charge in [-0.15, -0.1) is 0 Å². The second-order valence-corrected chi connectivity index (χ2v) is 6.24. The van der Waals surface area contributed by atoms with Gasteiger partial charge in [0.1, 0.15) is 0 Å². The second-order valence-electron chi connectivity index (χ2n) is 4.30. The quantitative estimate of drug-likeness (QED) is 0.809. The Labute approximate surface area is 111 Å². The van der Waals surface area contributed by atoms with E-state index in [1.807, 2.05) is 6.08 Å². The first-order valence-corrected chi connectivity index (χ1v) is 7.34. The molecule has 2 heterocycles. The van der Waals surface area contributed by atoms with E-state index in [0.29, 0.717) is 26.1 Å². The van der Waals surface area contributed by atoms with Gasteiger partial charge in [0, 0.05) is 32.5 Å². The lowest BCUT2D eigenvalue weighted by Gasteiger charge is -2.25. The van der Waals surface area contributed by atoms with Crippen LogP contribution in [0.4, 0.5) is 0 Å². The SMILES string of the molecule is COCC1=CCN(S(=O)(=O)c2ccc(=O)[nH]c2)CC1. The third-order valence-corrected chi connectivity index (χ3v) is 4.85. The summed E-state index contributed by atoms with van der Waals surface area (Å²) in [5, 5.41) is 0. The van der Waals surface area contributed by atoms with E-state index in [2.05, 4.69) is 4.98 Å². The topological polar surface area (TPSA) is 79.5 Å². The number of nitrogens with zero attached hydrogens (tertiary/aromatic N) is 1. The summed E-state index contributed by atoms with van der Waals surface area (Å²) in [6.07, 6.45) is 3.76. The van der Waals surface area contributed by atoms with Crippen molar-refractivity contribution in [3.05, 3.63) is 40.3 Å². The molecule has 1 aromatic rings. The fourth-order valence-electron chi connectivity index (χ4n) is 1.93. The van der Waals surface area contributed by atoms with Gasteiger partial charge in [0.2, 0.25) is 15.6 Å². The van der Waals surface area contributed by atoms with Crippen molar-refractivity contribution in [2.75, 3.05) is 26.8 Å². The van der Waals surface area contributed by atoms with Crippen molar-refractivity contribution in [2.45, 2.75) is 11.3 Å². The highest BCUT2D eigenvalue weighted by Crippen LogP contribution is 2.19. The maximum atomic E-state index is 12.3. The lowest BCUT2D eigenvalue weighted by molar-refractivity contribution is 0.219. The molecule has 0 radical (unpaired) electrons. The minimum Gasteiger partial charge on any atom is -0.380 e. The van der Waals surface area contributed by atoms with E-state index in [4.69, 9.17) is 4.74 Å². The second kappa shape index (κ2) is 5.68. The highest BCUT2D eigenvalue weighted by Gasteiger charge is 2.26. The van der Waals surface area contributed by atoms with Gasteiger partial charge in [0.15, 0.2) is 0 Å². The Kier molecular flexibility index (Phi) is 4.18. The van der Waals surface area contributed by atoms with Crippen LogP contribution in [0.5, 0.6) is 0 Å². The van der Waals surface area contributed by atoms with Gasteiger partial charge in [-0.2, -0.15) is 4.31 Å². The van der Waals surface area contributed by atoms with Crippen LogP contribution in [-0.2, 0) is 14.8 Å². The van der Waals surface area contributed by atoms with E-state index in [1.165, 1.54) is 22.6 Å². The van der Waals surface area contributed by atoms with Gasteiger partial charge >= 0.3 is 0 Å². The van der Waals surface area contributed by atoms with Crippen molar-refractivity contribution < 1.29 is 13.2 Å².